The van der Waals surface area contributed by atoms with Crippen molar-refractivity contribution in [3.63, 3.8) is 0 Å². The number of morpholine rings is 1. The second-order valence-corrected chi connectivity index (χ2v) is 4.79. The van der Waals surface area contributed by atoms with Crippen LogP contribution in [0.15, 0.2) is 18.2 Å². The lowest BCUT2D eigenvalue weighted by Gasteiger charge is -2.35. The number of hydrogen-bond acceptors (Lipinski definition) is 5. The van der Waals surface area contributed by atoms with Gasteiger partial charge in [0.2, 0.25) is 5.91 Å². The summed E-state index contributed by atoms with van der Waals surface area (Å²) in [4.78, 5) is 24.6. The van der Waals surface area contributed by atoms with Crippen LogP contribution in [0.4, 0.5) is 0 Å². The summed E-state index contributed by atoms with van der Waals surface area (Å²) in [5, 5.41) is 9.61. The first kappa shape index (κ1) is 15.3. The summed E-state index contributed by atoms with van der Waals surface area (Å²) in [6, 6.07) is 4.45. The standard InChI is InChI=1S/C15H19NO5/c1-2-15(19)16-6-7-20-9-11(16)10-21-14-5-3-4-13(18)12(14)8-17/h3-5,8,11,18H,2,6-7,9-10H2,1H3. The van der Waals surface area contributed by atoms with Gasteiger partial charge in [-0.25, -0.2) is 0 Å². The van der Waals surface area contributed by atoms with Gasteiger partial charge in [0.15, 0.2) is 6.29 Å². The van der Waals surface area contributed by atoms with Crippen LogP contribution in [0.3, 0.4) is 0 Å². The molecule has 0 saturated carbocycles. The number of ether oxygens (including phenoxy) is 2. The largest absolute Gasteiger partial charge is 0.507 e. The van der Waals surface area contributed by atoms with E-state index >= 15 is 0 Å². The number of aldehydes is 1. The van der Waals surface area contributed by atoms with Gasteiger partial charge < -0.3 is 19.5 Å². The number of phenolic OH excluding ortho intramolecular Hbond substituents is 1. The van der Waals surface area contributed by atoms with E-state index in [-0.39, 0.29) is 29.9 Å². The molecule has 0 spiro atoms. The van der Waals surface area contributed by atoms with Gasteiger partial charge in [-0.2, -0.15) is 0 Å². The molecule has 0 aromatic heterocycles. The summed E-state index contributed by atoms with van der Waals surface area (Å²) in [5.41, 5.74) is 0.114. The SMILES string of the molecule is CCC(=O)N1CCOCC1COc1cccc(O)c1C=O. The number of aromatic hydroxyl groups is 1. The monoisotopic (exact) mass is 293 g/mol. The molecule has 1 heterocycles. The van der Waals surface area contributed by atoms with Crippen molar-refractivity contribution < 1.29 is 24.2 Å². The molecule has 1 N–H and O–H groups in total. The second-order valence-electron chi connectivity index (χ2n) is 4.79. The number of carbonyl (C=O) groups is 2. The van der Waals surface area contributed by atoms with E-state index in [4.69, 9.17) is 9.47 Å². The predicted octanol–water partition coefficient (Wildman–Crippen LogP) is 1.22. The van der Waals surface area contributed by atoms with Crippen molar-refractivity contribution >= 4 is 12.2 Å². The van der Waals surface area contributed by atoms with Crippen molar-refractivity contribution in [1.82, 2.24) is 4.90 Å². The van der Waals surface area contributed by atoms with Crippen LogP contribution in [-0.4, -0.2) is 54.6 Å². The first-order chi connectivity index (χ1) is 10.2. The maximum absolute atomic E-state index is 11.9. The molecule has 2 rings (SSSR count). The van der Waals surface area contributed by atoms with Gasteiger partial charge in [0.1, 0.15) is 18.1 Å². The Morgan fingerprint density at radius 1 is 1.57 bits per heavy atom. The minimum Gasteiger partial charge on any atom is -0.507 e. The van der Waals surface area contributed by atoms with Crippen LogP contribution in [0.1, 0.15) is 23.7 Å². The molecule has 6 nitrogen and oxygen atoms in total. The van der Waals surface area contributed by atoms with Gasteiger partial charge in [-0.1, -0.05) is 13.0 Å². The van der Waals surface area contributed by atoms with Crippen LogP contribution >= 0.6 is 0 Å². The highest BCUT2D eigenvalue weighted by molar-refractivity contribution is 5.83. The third-order valence-electron chi connectivity index (χ3n) is 3.44. The lowest BCUT2D eigenvalue weighted by molar-refractivity contribution is -0.140. The van der Waals surface area contributed by atoms with Crippen LogP contribution in [0.5, 0.6) is 11.5 Å². The highest BCUT2D eigenvalue weighted by Crippen LogP contribution is 2.26. The maximum atomic E-state index is 11.9. The zero-order valence-electron chi connectivity index (χ0n) is 11.9. The summed E-state index contributed by atoms with van der Waals surface area (Å²) in [6.07, 6.45) is 0.985. The van der Waals surface area contributed by atoms with E-state index in [0.717, 1.165) is 0 Å². The molecule has 0 radical (unpaired) electrons. The van der Waals surface area contributed by atoms with E-state index in [9.17, 15) is 14.7 Å². The van der Waals surface area contributed by atoms with Crippen LogP contribution in [0, 0.1) is 0 Å². The molecule has 1 aliphatic rings. The van der Waals surface area contributed by atoms with Gasteiger partial charge in [-0.3, -0.25) is 9.59 Å². The molecule has 1 aliphatic heterocycles. The van der Waals surface area contributed by atoms with Crippen molar-refractivity contribution in [1.29, 1.82) is 0 Å². The molecular weight excluding hydrogens is 274 g/mol. The Bertz CT molecular complexity index is 517. The molecule has 114 valence electrons. The van der Waals surface area contributed by atoms with Crippen LogP contribution in [-0.2, 0) is 9.53 Å². The Hall–Kier alpha value is -2.08. The molecule has 1 aromatic carbocycles. The fourth-order valence-corrected chi connectivity index (χ4v) is 2.29. The number of rotatable bonds is 5. The first-order valence-electron chi connectivity index (χ1n) is 6.94. The van der Waals surface area contributed by atoms with Crippen molar-refractivity contribution in [2.75, 3.05) is 26.4 Å². The fraction of sp³-hybridized carbons (Fsp3) is 0.467. The third kappa shape index (κ3) is 3.52. The molecule has 0 bridgehead atoms. The van der Waals surface area contributed by atoms with Gasteiger partial charge >= 0.3 is 0 Å². The van der Waals surface area contributed by atoms with E-state index in [2.05, 4.69) is 0 Å². The van der Waals surface area contributed by atoms with E-state index in [1.54, 1.807) is 17.0 Å². The zero-order valence-corrected chi connectivity index (χ0v) is 11.9. The smallest absolute Gasteiger partial charge is 0.222 e. The van der Waals surface area contributed by atoms with Gasteiger partial charge in [0, 0.05) is 13.0 Å². The number of phenols is 1. The number of benzene rings is 1. The normalized spacial score (nSPS) is 18.3. The summed E-state index contributed by atoms with van der Waals surface area (Å²) in [7, 11) is 0. The lowest BCUT2D eigenvalue weighted by Crippen LogP contribution is -2.51. The van der Waals surface area contributed by atoms with Crippen molar-refractivity contribution in [3.05, 3.63) is 23.8 Å². The Morgan fingerprint density at radius 3 is 3.10 bits per heavy atom. The topological polar surface area (TPSA) is 76.1 Å². The highest BCUT2D eigenvalue weighted by Gasteiger charge is 2.27. The molecule has 6 heteroatoms. The Labute approximate surface area is 123 Å². The Kier molecular flexibility index (Phi) is 5.16. The number of nitrogens with zero attached hydrogens (tertiary/aromatic N) is 1. The molecule has 1 fully saturated rings. The molecule has 1 saturated heterocycles. The highest BCUT2D eigenvalue weighted by atomic mass is 16.5. The maximum Gasteiger partial charge on any atom is 0.222 e. The third-order valence-corrected chi connectivity index (χ3v) is 3.44. The first-order valence-corrected chi connectivity index (χ1v) is 6.94. The summed E-state index contributed by atoms with van der Waals surface area (Å²) in [6.45, 7) is 3.50. The number of hydrogen-bond donors (Lipinski definition) is 1. The van der Waals surface area contributed by atoms with Gasteiger partial charge in [-0.05, 0) is 12.1 Å². The van der Waals surface area contributed by atoms with Crippen molar-refractivity contribution in [2.24, 2.45) is 0 Å². The van der Waals surface area contributed by atoms with E-state index < -0.39 is 0 Å². The average Bonchev–Trinajstić information content (AvgIpc) is 2.52. The quantitative estimate of drug-likeness (QED) is 0.826. The lowest BCUT2D eigenvalue weighted by atomic mass is 10.2. The van der Waals surface area contributed by atoms with Crippen molar-refractivity contribution in [3.8, 4) is 11.5 Å². The van der Waals surface area contributed by atoms with Crippen LogP contribution < -0.4 is 4.74 Å². The summed E-state index contributed by atoms with van der Waals surface area (Å²) in [5.74, 6) is 0.238. The van der Waals surface area contributed by atoms with Crippen LogP contribution in [0.2, 0.25) is 0 Å². The molecule has 1 amide bonds. The minimum absolute atomic E-state index is 0.0541. The van der Waals surface area contributed by atoms with Crippen molar-refractivity contribution in [2.45, 2.75) is 19.4 Å². The number of carbonyl (C=O) groups excluding carboxylic acids is 2. The molecule has 21 heavy (non-hydrogen) atoms. The second kappa shape index (κ2) is 7.08. The van der Waals surface area contributed by atoms with E-state index in [1.165, 1.54) is 6.07 Å². The predicted molar refractivity (Wildman–Crippen MR) is 75.6 cm³/mol. The molecule has 1 aromatic rings. The average molecular weight is 293 g/mol. The fourth-order valence-electron chi connectivity index (χ4n) is 2.29. The Morgan fingerprint density at radius 2 is 2.38 bits per heavy atom. The number of amides is 1. The molecular formula is C15H19NO5. The molecule has 0 aliphatic carbocycles. The minimum atomic E-state index is -0.187. The van der Waals surface area contributed by atoms with E-state index in [1.807, 2.05) is 6.92 Å². The van der Waals surface area contributed by atoms with E-state index in [0.29, 0.717) is 38.2 Å². The zero-order chi connectivity index (χ0) is 15.2. The molecule has 1 atom stereocenters. The van der Waals surface area contributed by atoms with Gasteiger partial charge in [-0.15, -0.1) is 0 Å². The summed E-state index contributed by atoms with van der Waals surface area (Å²) >= 11 is 0. The van der Waals surface area contributed by atoms with Gasteiger partial charge in [0.05, 0.1) is 24.8 Å². The van der Waals surface area contributed by atoms with Gasteiger partial charge in [0.25, 0.3) is 0 Å². The van der Waals surface area contributed by atoms with Crippen LogP contribution in [0.25, 0.3) is 0 Å². The summed E-state index contributed by atoms with van der Waals surface area (Å²) < 4.78 is 11.0. The molecule has 1 unspecified atom stereocenters. The Balaban J connectivity index is 2.06.